The van der Waals surface area contributed by atoms with Crippen LogP contribution in [0.15, 0.2) is 170 Å². The molecule has 8 aromatic rings. The first-order valence-corrected chi connectivity index (χ1v) is 32.6. The number of hydrogen-bond donors (Lipinski definition) is 0. The second-order valence-corrected chi connectivity index (χ2v) is 46.7. The molecule has 0 fully saturated rings. The molecule has 2 unspecified atom stereocenters. The molecule has 2 nitrogen and oxygen atoms in total. The molecule has 6 heteroatoms. The van der Waals surface area contributed by atoms with Gasteiger partial charge >= 0.3 is 322 Å². The van der Waals surface area contributed by atoms with Crippen molar-refractivity contribution in [3.05, 3.63) is 203 Å². The van der Waals surface area contributed by atoms with Gasteiger partial charge < -0.3 is 0 Å². The summed E-state index contributed by atoms with van der Waals surface area (Å²) in [6.07, 6.45) is 8.84. The van der Waals surface area contributed by atoms with Crippen molar-refractivity contribution in [1.29, 1.82) is 0 Å². The summed E-state index contributed by atoms with van der Waals surface area (Å²) in [5.74, 6) is 0. The van der Waals surface area contributed by atoms with Crippen molar-refractivity contribution in [3.8, 4) is 22.3 Å². The molecule has 0 N–H and O–H groups in total. The van der Waals surface area contributed by atoms with E-state index in [4.69, 9.17) is 9.97 Å². The number of fused-ring (bicyclic) bond motifs is 4. The number of benzene rings is 6. The van der Waals surface area contributed by atoms with Gasteiger partial charge in [-0.1, -0.05) is 0 Å². The Morgan fingerprint density at radius 1 is 0.446 bits per heavy atom. The average molecular weight is 861 g/mol. The summed E-state index contributed by atoms with van der Waals surface area (Å²) in [7, 11) is 0. The molecule has 2 atom stereocenters. The Bertz CT molecular complexity index is 2730. The second-order valence-electron chi connectivity index (χ2n) is 16.2. The molecule has 274 valence electrons. The van der Waals surface area contributed by atoms with Gasteiger partial charge in [-0.25, -0.2) is 0 Å². The predicted molar refractivity (Wildman–Crippen MR) is 243 cm³/mol. The molecule has 0 bridgehead atoms. The van der Waals surface area contributed by atoms with Crippen LogP contribution in [0.2, 0.25) is 9.26 Å². The van der Waals surface area contributed by atoms with Crippen molar-refractivity contribution in [3.63, 3.8) is 0 Å². The van der Waals surface area contributed by atoms with Crippen LogP contribution in [-0.4, -0.2) is 16.8 Å². The van der Waals surface area contributed by atoms with Crippen molar-refractivity contribution < 1.29 is 17.4 Å². The van der Waals surface area contributed by atoms with Crippen LogP contribution in [0.4, 0.5) is 0 Å². The second kappa shape index (κ2) is 14.7. The normalized spacial score (nSPS) is 16.0. The Morgan fingerprint density at radius 3 is 1.29 bits per heavy atom. The van der Waals surface area contributed by atoms with Gasteiger partial charge in [0.25, 0.3) is 0 Å². The van der Waals surface area contributed by atoms with Gasteiger partial charge in [-0.15, -0.1) is 24.8 Å². The summed E-state index contributed by atoms with van der Waals surface area (Å²) in [5, 5.41) is 2.33. The van der Waals surface area contributed by atoms with E-state index in [1.165, 1.54) is 77.6 Å². The van der Waals surface area contributed by atoms with Gasteiger partial charge in [0.15, 0.2) is 0 Å². The molecule has 0 radical (unpaired) electrons. The summed E-state index contributed by atoms with van der Waals surface area (Å²) in [6.45, 7) is 2.41. The van der Waals surface area contributed by atoms with Gasteiger partial charge in [0.2, 0.25) is 0 Å². The van der Waals surface area contributed by atoms with E-state index in [2.05, 4.69) is 174 Å². The van der Waals surface area contributed by atoms with Gasteiger partial charge in [0.05, 0.1) is 0 Å². The van der Waals surface area contributed by atoms with Crippen LogP contribution in [0, 0.1) is 0 Å². The van der Waals surface area contributed by atoms with Crippen LogP contribution in [0.1, 0.15) is 40.6 Å². The van der Waals surface area contributed by atoms with E-state index >= 15 is 0 Å². The maximum absolute atomic E-state index is 4.87. The third-order valence-corrected chi connectivity index (χ3v) is 29.2. The zero-order valence-electron chi connectivity index (χ0n) is 31.4. The number of hydrogen-bond acceptors (Lipinski definition) is 2. The van der Waals surface area contributed by atoms with Crippen LogP contribution in [0.5, 0.6) is 0 Å². The van der Waals surface area contributed by atoms with E-state index in [1.807, 2.05) is 24.5 Å². The third kappa shape index (κ3) is 6.28. The fourth-order valence-corrected chi connectivity index (χ4v) is 28.3. The number of halogens is 2. The Kier molecular flexibility index (Phi) is 10.0. The molecular formula is C50H42Cl2N2SiZr. The Morgan fingerprint density at radius 2 is 0.857 bits per heavy atom. The van der Waals surface area contributed by atoms with E-state index in [-0.39, 0.29) is 32.1 Å². The number of para-hydroxylation sites is 2. The molecule has 2 heterocycles. The molecular weight excluding hydrogens is 819 g/mol. The maximum atomic E-state index is 4.87. The molecule has 0 aliphatic heterocycles. The number of rotatable bonds is 6. The van der Waals surface area contributed by atoms with Crippen LogP contribution < -0.4 is 0 Å². The standard InChI is InChI=1S/2C24H16N.2CH3.2ClH.H2Si.Zr/c2*1-2-6-17(7-3-1)21-14-19-11-12-20(15-22(19)16-21)23-10-4-8-18-9-5-13-25-24(18)23;;;;;;/h2*1-16H;2*1H3;2*1H;1H2;. The number of pyridine rings is 2. The van der Waals surface area contributed by atoms with Crippen molar-refractivity contribution in [1.82, 2.24) is 9.97 Å². The van der Waals surface area contributed by atoms with E-state index in [1.54, 1.807) is 0 Å². The summed E-state index contributed by atoms with van der Waals surface area (Å²) >= 11 is -4.14. The van der Waals surface area contributed by atoms with E-state index in [0.717, 1.165) is 11.0 Å². The third-order valence-electron chi connectivity index (χ3n) is 12.0. The van der Waals surface area contributed by atoms with Crippen molar-refractivity contribution in [2.75, 3.05) is 0 Å². The van der Waals surface area contributed by atoms with Gasteiger partial charge in [-0.2, -0.15) is 0 Å². The number of allylic oxidation sites excluding steroid dienone is 2. The summed E-state index contributed by atoms with van der Waals surface area (Å²) < 4.78 is 6.06. The SMILES string of the molecule is Cl.Cl.[CH3][Zr]([CH3])(=[SiH2])([CH]1C(c2ccccc2)=Cc2ccc(-c3cccc4cccnc34)cc21)[CH]1C(c2ccccc2)=Cc2ccc(-c3cccc4cccnc34)cc21. The summed E-state index contributed by atoms with van der Waals surface area (Å²) in [6, 6.07) is 58.2. The molecule has 0 saturated carbocycles. The number of aromatic nitrogens is 2. The van der Waals surface area contributed by atoms with Crippen LogP contribution in [-0.2, 0) is 17.4 Å². The van der Waals surface area contributed by atoms with Crippen LogP contribution >= 0.6 is 24.8 Å². The molecule has 0 amide bonds. The summed E-state index contributed by atoms with van der Waals surface area (Å²) in [5.41, 5.74) is 18.1. The fraction of sp³-hybridized carbons (Fsp3) is 0.0800. The van der Waals surface area contributed by atoms with Crippen molar-refractivity contribution in [2.45, 2.75) is 16.5 Å². The molecule has 6 aromatic carbocycles. The van der Waals surface area contributed by atoms with Crippen LogP contribution in [0.3, 0.4) is 0 Å². The zero-order chi connectivity index (χ0) is 36.5. The first-order valence-electron chi connectivity index (χ1n) is 18.9. The van der Waals surface area contributed by atoms with E-state index < -0.39 is 17.4 Å². The van der Waals surface area contributed by atoms with Gasteiger partial charge in [0.1, 0.15) is 0 Å². The molecule has 0 spiro atoms. The number of nitrogens with zero attached hydrogens (tertiary/aromatic N) is 2. The molecule has 2 aliphatic rings. The Balaban J connectivity index is 0.00000220. The Labute approximate surface area is 343 Å². The molecule has 0 saturated heterocycles. The first kappa shape index (κ1) is 38.2. The van der Waals surface area contributed by atoms with Gasteiger partial charge in [0, 0.05) is 0 Å². The minimum atomic E-state index is -4.14. The average Bonchev–Trinajstić information content (AvgIpc) is 3.81. The predicted octanol–water partition coefficient (Wildman–Crippen LogP) is 13.2. The molecule has 2 aliphatic carbocycles. The first-order chi connectivity index (χ1) is 26.3. The van der Waals surface area contributed by atoms with Crippen molar-refractivity contribution >= 4 is 76.8 Å². The van der Waals surface area contributed by atoms with Gasteiger partial charge in [-0.05, 0) is 0 Å². The zero-order valence-corrected chi connectivity index (χ0v) is 36.9. The van der Waals surface area contributed by atoms with Crippen LogP contribution in [0.25, 0.3) is 67.4 Å². The topological polar surface area (TPSA) is 25.8 Å². The Hall–Kier alpha value is -4.70. The molecule has 10 rings (SSSR count). The molecule has 56 heavy (non-hydrogen) atoms. The quantitative estimate of drug-likeness (QED) is 0.156. The van der Waals surface area contributed by atoms with Crippen molar-refractivity contribution in [2.24, 2.45) is 0 Å². The summed E-state index contributed by atoms with van der Waals surface area (Å²) in [4.78, 5) is 9.74. The van der Waals surface area contributed by atoms with E-state index in [9.17, 15) is 0 Å². The monoisotopic (exact) mass is 858 g/mol. The fourth-order valence-electron chi connectivity index (χ4n) is 9.73. The molecule has 2 aromatic heterocycles. The van der Waals surface area contributed by atoms with Gasteiger partial charge in [-0.3, -0.25) is 0 Å². The minimum absolute atomic E-state index is 0. The van der Waals surface area contributed by atoms with E-state index in [0.29, 0.717) is 0 Å².